The summed E-state index contributed by atoms with van der Waals surface area (Å²) in [6.07, 6.45) is 0.737. The molecule has 35 heavy (non-hydrogen) atoms. The highest BCUT2D eigenvalue weighted by molar-refractivity contribution is 5.94. The number of nitrogens with two attached hydrogens (primary N) is 3. The van der Waals surface area contributed by atoms with E-state index >= 15 is 0 Å². The predicted octanol–water partition coefficient (Wildman–Crippen LogP) is -1.18. The monoisotopic (exact) mass is 491 g/mol. The second kappa shape index (κ2) is 14.6. The van der Waals surface area contributed by atoms with E-state index in [1.807, 2.05) is 30.3 Å². The fraction of sp³-hybridized carbons (Fsp3) is 0.522. The molecule has 12 heteroatoms. The quantitative estimate of drug-likeness (QED) is 0.0953. The lowest BCUT2D eigenvalue weighted by molar-refractivity contribution is -0.142. The van der Waals surface area contributed by atoms with E-state index in [2.05, 4.69) is 20.9 Å². The number of rotatable bonds is 14. The SMILES string of the molecule is CC(NC(=O)C(NC(=O)C(N)Cc1ccccc1)C(C)C)C(=O)NC(CCCN=C(N)N)C(=O)O. The third kappa shape index (κ3) is 10.9. The van der Waals surface area contributed by atoms with Crippen LogP contribution in [0.15, 0.2) is 35.3 Å². The fourth-order valence-corrected chi connectivity index (χ4v) is 3.18. The third-order valence-corrected chi connectivity index (χ3v) is 5.19. The number of guanidine groups is 1. The summed E-state index contributed by atoms with van der Waals surface area (Å²) in [5, 5.41) is 16.9. The molecule has 0 aliphatic carbocycles. The van der Waals surface area contributed by atoms with Gasteiger partial charge in [-0.25, -0.2) is 4.79 Å². The molecule has 0 fully saturated rings. The molecule has 0 spiro atoms. The Labute approximate surface area is 205 Å². The summed E-state index contributed by atoms with van der Waals surface area (Å²) in [5.41, 5.74) is 17.4. The number of carboxylic acid groups (broad SMARTS) is 1. The molecule has 1 rings (SSSR count). The van der Waals surface area contributed by atoms with Crippen molar-refractivity contribution in [2.24, 2.45) is 28.1 Å². The number of nitrogens with zero attached hydrogens (tertiary/aromatic N) is 1. The van der Waals surface area contributed by atoms with Crippen molar-refractivity contribution in [2.45, 2.75) is 64.2 Å². The van der Waals surface area contributed by atoms with Crippen LogP contribution in [-0.4, -0.2) is 65.5 Å². The normalized spacial score (nSPS) is 14.2. The molecule has 10 N–H and O–H groups in total. The van der Waals surface area contributed by atoms with Gasteiger partial charge in [0.05, 0.1) is 6.04 Å². The molecule has 0 saturated carbocycles. The lowest BCUT2D eigenvalue weighted by Crippen LogP contribution is -2.57. The first kappa shape index (κ1) is 29.4. The van der Waals surface area contributed by atoms with Crippen LogP contribution < -0.4 is 33.2 Å². The number of carboxylic acids is 1. The van der Waals surface area contributed by atoms with E-state index in [0.29, 0.717) is 12.8 Å². The topological polar surface area (TPSA) is 215 Å². The summed E-state index contributed by atoms with van der Waals surface area (Å²) < 4.78 is 0. The molecule has 0 heterocycles. The minimum absolute atomic E-state index is 0.0997. The first-order valence-electron chi connectivity index (χ1n) is 11.4. The maximum absolute atomic E-state index is 12.8. The van der Waals surface area contributed by atoms with Gasteiger partial charge in [0, 0.05) is 6.54 Å². The smallest absolute Gasteiger partial charge is 0.326 e. The summed E-state index contributed by atoms with van der Waals surface area (Å²) in [6.45, 7) is 5.13. The van der Waals surface area contributed by atoms with Crippen LogP contribution in [-0.2, 0) is 25.6 Å². The number of aliphatic imine (C=N–C) groups is 1. The van der Waals surface area contributed by atoms with E-state index < -0.39 is 47.9 Å². The van der Waals surface area contributed by atoms with Gasteiger partial charge in [0.2, 0.25) is 17.7 Å². The summed E-state index contributed by atoms with van der Waals surface area (Å²) in [4.78, 5) is 53.1. The maximum Gasteiger partial charge on any atom is 0.326 e. The molecule has 0 aliphatic rings. The van der Waals surface area contributed by atoms with Crippen molar-refractivity contribution in [2.75, 3.05) is 6.54 Å². The molecular formula is C23H37N7O5. The molecule has 0 aromatic heterocycles. The second-order valence-electron chi connectivity index (χ2n) is 8.60. The van der Waals surface area contributed by atoms with Crippen LogP contribution in [0, 0.1) is 5.92 Å². The standard InChI is InChI=1S/C23H37N7O5/c1-13(2)18(30-20(32)16(24)12-15-8-5-4-6-9-15)21(33)28-14(3)19(31)29-17(22(34)35)10-7-11-27-23(25)26/h4-6,8-9,13-14,16-18H,7,10-12,24H2,1-3H3,(H,28,33)(H,29,31)(H,30,32)(H,34,35)(H4,25,26,27). The summed E-state index contributed by atoms with van der Waals surface area (Å²) in [7, 11) is 0. The van der Waals surface area contributed by atoms with Gasteiger partial charge in [0.1, 0.15) is 18.1 Å². The summed E-state index contributed by atoms with van der Waals surface area (Å²) in [6, 6.07) is 5.24. The number of carbonyl (C=O) groups excluding carboxylic acids is 3. The molecule has 1 aromatic rings. The van der Waals surface area contributed by atoms with Gasteiger partial charge in [-0.05, 0) is 37.7 Å². The minimum atomic E-state index is -1.22. The molecule has 12 nitrogen and oxygen atoms in total. The van der Waals surface area contributed by atoms with Gasteiger partial charge in [0.15, 0.2) is 5.96 Å². The van der Waals surface area contributed by atoms with Crippen LogP contribution in [0.5, 0.6) is 0 Å². The van der Waals surface area contributed by atoms with Crippen molar-refractivity contribution in [3.8, 4) is 0 Å². The van der Waals surface area contributed by atoms with E-state index in [9.17, 15) is 24.3 Å². The van der Waals surface area contributed by atoms with Gasteiger partial charge in [0.25, 0.3) is 0 Å². The second-order valence-corrected chi connectivity index (χ2v) is 8.60. The van der Waals surface area contributed by atoms with Crippen molar-refractivity contribution in [3.63, 3.8) is 0 Å². The van der Waals surface area contributed by atoms with Crippen molar-refractivity contribution in [3.05, 3.63) is 35.9 Å². The van der Waals surface area contributed by atoms with E-state index in [-0.39, 0.29) is 24.8 Å². The average molecular weight is 492 g/mol. The van der Waals surface area contributed by atoms with Crippen LogP contribution >= 0.6 is 0 Å². The fourth-order valence-electron chi connectivity index (χ4n) is 3.18. The highest BCUT2D eigenvalue weighted by atomic mass is 16.4. The first-order valence-corrected chi connectivity index (χ1v) is 11.4. The molecule has 4 unspecified atom stereocenters. The van der Waals surface area contributed by atoms with Gasteiger partial charge in [-0.1, -0.05) is 44.2 Å². The van der Waals surface area contributed by atoms with Crippen LogP contribution in [0.3, 0.4) is 0 Å². The number of benzene rings is 1. The van der Waals surface area contributed by atoms with Gasteiger partial charge in [-0.15, -0.1) is 0 Å². The number of aliphatic carboxylic acids is 1. The summed E-state index contributed by atoms with van der Waals surface area (Å²) >= 11 is 0. The molecule has 1 aromatic carbocycles. The number of hydrogen-bond acceptors (Lipinski definition) is 6. The zero-order chi connectivity index (χ0) is 26.5. The van der Waals surface area contributed by atoms with Crippen LogP contribution in [0.2, 0.25) is 0 Å². The van der Waals surface area contributed by atoms with Gasteiger partial charge >= 0.3 is 5.97 Å². The molecule has 0 bridgehead atoms. The van der Waals surface area contributed by atoms with Gasteiger partial charge in [-0.3, -0.25) is 19.4 Å². The third-order valence-electron chi connectivity index (χ3n) is 5.19. The summed E-state index contributed by atoms with van der Waals surface area (Å²) in [5.74, 6) is -3.37. The predicted molar refractivity (Wildman–Crippen MR) is 132 cm³/mol. The van der Waals surface area contributed by atoms with Crippen molar-refractivity contribution in [1.82, 2.24) is 16.0 Å². The van der Waals surface area contributed by atoms with Crippen LogP contribution in [0.4, 0.5) is 0 Å². The molecule has 0 radical (unpaired) electrons. The number of nitrogens with one attached hydrogen (secondary N) is 3. The average Bonchev–Trinajstić information content (AvgIpc) is 2.78. The highest BCUT2D eigenvalue weighted by Crippen LogP contribution is 2.06. The maximum atomic E-state index is 12.8. The molecule has 194 valence electrons. The largest absolute Gasteiger partial charge is 0.480 e. The van der Waals surface area contributed by atoms with Gasteiger partial charge < -0.3 is 38.3 Å². The Balaban J connectivity index is 2.68. The Morgan fingerprint density at radius 3 is 2.11 bits per heavy atom. The molecule has 0 aliphatic heterocycles. The van der Waals surface area contributed by atoms with Crippen LogP contribution in [0.25, 0.3) is 0 Å². The van der Waals surface area contributed by atoms with E-state index in [4.69, 9.17) is 17.2 Å². The van der Waals surface area contributed by atoms with E-state index in [0.717, 1.165) is 5.56 Å². The van der Waals surface area contributed by atoms with Crippen molar-refractivity contribution >= 4 is 29.7 Å². The number of amides is 3. The Morgan fingerprint density at radius 1 is 0.943 bits per heavy atom. The van der Waals surface area contributed by atoms with Gasteiger partial charge in [-0.2, -0.15) is 0 Å². The zero-order valence-electron chi connectivity index (χ0n) is 20.4. The molecule has 0 saturated heterocycles. The Bertz CT molecular complexity index is 888. The van der Waals surface area contributed by atoms with Crippen LogP contribution in [0.1, 0.15) is 39.2 Å². The first-order chi connectivity index (χ1) is 16.4. The van der Waals surface area contributed by atoms with E-state index in [1.54, 1.807) is 13.8 Å². The Kier molecular flexibility index (Phi) is 12.2. The molecule has 4 atom stereocenters. The lowest BCUT2D eigenvalue weighted by atomic mass is 10.0. The molecular weight excluding hydrogens is 454 g/mol. The molecule has 3 amide bonds. The Hall–Kier alpha value is -3.67. The van der Waals surface area contributed by atoms with Crippen molar-refractivity contribution in [1.29, 1.82) is 0 Å². The Morgan fingerprint density at radius 2 is 1.57 bits per heavy atom. The number of carbonyl (C=O) groups is 4. The minimum Gasteiger partial charge on any atom is -0.480 e. The zero-order valence-corrected chi connectivity index (χ0v) is 20.4. The van der Waals surface area contributed by atoms with Crippen molar-refractivity contribution < 1.29 is 24.3 Å². The highest BCUT2D eigenvalue weighted by Gasteiger charge is 2.30. The lowest BCUT2D eigenvalue weighted by Gasteiger charge is -2.25. The van der Waals surface area contributed by atoms with E-state index in [1.165, 1.54) is 6.92 Å². The number of hydrogen-bond donors (Lipinski definition) is 7.